The van der Waals surface area contributed by atoms with Crippen LogP contribution in [0.5, 0.6) is 5.75 Å². The smallest absolute Gasteiger partial charge is 0.260 e. The predicted molar refractivity (Wildman–Crippen MR) is 94.7 cm³/mol. The minimum Gasteiger partial charge on any atom is -0.496 e. The second-order valence-electron chi connectivity index (χ2n) is 5.59. The zero-order valence-corrected chi connectivity index (χ0v) is 14.7. The fraction of sp³-hybridized carbons (Fsp3) is 0.222. The number of aromatic nitrogens is 1. The first-order valence-corrected chi connectivity index (χ1v) is 8.24. The van der Waals surface area contributed by atoms with Crippen molar-refractivity contribution in [3.8, 4) is 5.75 Å². The Morgan fingerprint density at radius 3 is 2.67 bits per heavy atom. The Morgan fingerprint density at radius 1 is 1.21 bits per heavy atom. The van der Waals surface area contributed by atoms with Crippen LogP contribution in [0.25, 0.3) is 10.2 Å². The molecule has 3 rings (SSSR count). The molecule has 0 unspecified atom stereocenters. The molecule has 24 heavy (non-hydrogen) atoms. The van der Waals surface area contributed by atoms with Crippen molar-refractivity contribution in [1.82, 2.24) is 4.98 Å². The molecule has 0 bridgehead atoms. The van der Waals surface area contributed by atoms with Crippen molar-refractivity contribution < 1.29 is 13.9 Å². The molecule has 3 aromatic rings. The zero-order valence-electron chi connectivity index (χ0n) is 13.9. The number of amides is 1. The summed E-state index contributed by atoms with van der Waals surface area (Å²) in [5, 5.41) is 3.66. The normalized spacial score (nSPS) is 10.9. The zero-order chi connectivity index (χ0) is 17.4. The highest BCUT2D eigenvalue weighted by atomic mass is 32.1. The van der Waals surface area contributed by atoms with Crippen LogP contribution in [-0.2, 0) is 0 Å². The lowest BCUT2D eigenvalue weighted by atomic mass is 10.1. The number of halogens is 1. The van der Waals surface area contributed by atoms with E-state index in [9.17, 15) is 9.18 Å². The van der Waals surface area contributed by atoms with Crippen LogP contribution in [-0.4, -0.2) is 18.0 Å². The molecule has 4 nitrogen and oxygen atoms in total. The van der Waals surface area contributed by atoms with Crippen LogP contribution in [0.4, 0.5) is 10.1 Å². The third-order valence-corrected chi connectivity index (χ3v) is 4.83. The summed E-state index contributed by atoms with van der Waals surface area (Å²) in [6, 6.07) is 6.59. The van der Waals surface area contributed by atoms with Crippen LogP contribution in [0.2, 0.25) is 0 Å². The van der Waals surface area contributed by atoms with Gasteiger partial charge < -0.3 is 10.1 Å². The average Bonchev–Trinajstić information content (AvgIpc) is 2.91. The summed E-state index contributed by atoms with van der Waals surface area (Å²) in [4.78, 5) is 17.2. The Kier molecular flexibility index (Phi) is 4.24. The summed E-state index contributed by atoms with van der Waals surface area (Å²) in [5.74, 6) is -0.226. The number of nitrogens with zero attached hydrogens (tertiary/aromatic N) is 1. The highest BCUT2D eigenvalue weighted by Gasteiger charge is 2.20. The summed E-state index contributed by atoms with van der Waals surface area (Å²) in [6.07, 6.45) is 0. The van der Waals surface area contributed by atoms with Crippen LogP contribution >= 0.6 is 11.3 Å². The molecule has 1 N–H and O–H groups in total. The van der Waals surface area contributed by atoms with Crippen molar-refractivity contribution in [1.29, 1.82) is 0 Å². The molecular weight excluding hydrogens is 327 g/mol. The third kappa shape index (κ3) is 2.85. The maximum Gasteiger partial charge on any atom is 0.260 e. The van der Waals surface area contributed by atoms with Crippen molar-refractivity contribution in [2.24, 2.45) is 0 Å². The number of benzene rings is 2. The first kappa shape index (κ1) is 16.4. The van der Waals surface area contributed by atoms with E-state index in [2.05, 4.69) is 10.3 Å². The Labute approximate surface area is 143 Å². The van der Waals surface area contributed by atoms with Gasteiger partial charge in [-0.3, -0.25) is 4.79 Å². The lowest BCUT2D eigenvalue weighted by Gasteiger charge is -2.12. The number of anilines is 1. The highest BCUT2D eigenvalue weighted by Crippen LogP contribution is 2.33. The number of nitrogens with one attached hydrogen (secondary N) is 1. The van der Waals surface area contributed by atoms with E-state index in [1.807, 2.05) is 19.9 Å². The topological polar surface area (TPSA) is 51.2 Å². The van der Waals surface area contributed by atoms with Crippen LogP contribution in [0.3, 0.4) is 0 Å². The Bertz CT molecular complexity index is 950. The van der Waals surface area contributed by atoms with E-state index in [-0.39, 0.29) is 11.7 Å². The SMILES string of the molecule is COc1ccc2nc(C)sc2c1C(=O)Nc1cc(F)c(C)cc1C. The number of fused-ring (bicyclic) bond motifs is 1. The molecule has 0 atom stereocenters. The van der Waals surface area contributed by atoms with Crippen LogP contribution in [0.15, 0.2) is 24.3 Å². The van der Waals surface area contributed by atoms with Crippen molar-refractivity contribution >= 4 is 33.1 Å². The number of carbonyl (C=O) groups excluding carboxylic acids is 1. The Morgan fingerprint density at radius 2 is 1.96 bits per heavy atom. The minimum atomic E-state index is -0.352. The van der Waals surface area contributed by atoms with E-state index in [1.165, 1.54) is 24.5 Å². The van der Waals surface area contributed by atoms with Crippen LogP contribution < -0.4 is 10.1 Å². The monoisotopic (exact) mass is 344 g/mol. The molecule has 0 saturated heterocycles. The van der Waals surface area contributed by atoms with Crippen LogP contribution in [0.1, 0.15) is 26.5 Å². The quantitative estimate of drug-likeness (QED) is 0.754. The first-order valence-electron chi connectivity index (χ1n) is 7.43. The van der Waals surface area contributed by atoms with Gasteiger partial charge in [0, 0.05) is 5.69 Å². The molecule has 6 heteroatoms. The highest BCUT2D eigenvalue weighted by molar-refractivity contribution is 7.19. The van der Waals surface area contributed by atoms with E-state index >= 15 is 0 Å². The molecule has 0 aliphatic rings. The number of methoxy groups -OCH3 is 1. The van der Waals surface area contributed by atoms with Gasteiger partial charge in [0.1, 0.15) is 17.1 Å². The van der Waals surface area contributed by atoms with Crippen LogP contribution in [0, 0.1) is 26.6 Å². The molecule has 0 saturated carbocycles. The molecule has 0 aliphatic carbocycles. The van der Waals surface area contributed by atoms with E-state index < -0.39 is 0 Å². The van der Waals surface area contributed by atoms with Gasteiger partial charge in [-0.1, -0.05) is 6.07 Å². The van der Waals surface area contributed by atoms with Gasteiger partial charge in [-0.15, -0.1) is 11.3 Å². The van der Waals surface area contributed by atoms with Gasteiger partial charge in [-0.25, -0.2) is 9.37 Å². The number of hydrogen-bond acceptors (Lipinski definition) is 4. The minimum absolute atomic E-state index is 0.340. The fourth-order valence-corrected chi connectivity index (χ4v) is 3.57. The summed E-state index contributed by atoms with van der Waals surface area (Å²) in [7, 11) is 1.52. The molecule has 1 aromatic heterocycles. The lowest BCUT2D eigenvalue weighted by Crippen LogP contribution is -2.14. The van der Waals surface area contributed by atoms with Gasteiger partial charge in [0.2, 0.25) is 0 Å². The van der Waals surface area contributed by atoms with Gasteiger partial charge in [0.15, 0.2) is 0 Å². The van der Waals surface area contributed by atoms with Crippen molar-refractivity contribution in [3.05, 3.63) is 51.8 Å². The largest absolute Gasteiger partial charge is 0.496 e. The van der Waals surface area contributed by atoms with E-state index in [0.29, 0.717) is 22.6 Å². The van der Waals surface area contributed by atoms with Gasteiger partial charge >= 0.3 is 0 Å². The molecule has 0 radical (unpaired) electrons. The van der Waals surface area contributed by atoms with Gasteiger partial charge in [-0.2, -0.15) is 0 Å². The maximum atomic E-state index is 13.8. The molecular formula is C18H17FN2O2S. The summed E-state index contributed by atoms with van der Waals surface area (Å²) < 4.78 is 19.9. The summed E-state index contributed by atoms with van der Waals surface area (Å²) >= 11 is 1.43. The second-order valence-corrected chi connectivity index (χ2v) is 6.80. The van der Waals surface area contributed by atoms with Crippen molar-refractivity contribution in [2.75, 3.05) is 12.4 Å². The molecule has 1 heterocycles. The molecule has 1 amide bonds. The van der Waals surface area contributed by atoms with Gasteiger partial charge in [0.05, 0.1) is 22.3 Å². The summed E-state index contributed by atoms with van der Waals surface area (Å²) in [5.41, 5.74) is 2.96. The Hall–Kier alpha value is -2.47. The Balaban J connectivity index is 2.07. The standard InChI is InChI=1S/C18H17FN2O2S/c1-9-7-10(2)14(8-12(9)19)21-18(22)16-15(23-4)6-5-13-17(16)24-11(3)20-13/h5-8H,1-4H3,(H,21,22). The van der Waals surface area contributed by atoms with Crippen molar-refractivity contribution in [3.63, 3.8) is 0 Å². The average molecular weight is 344 g/mol. The maximum absolute atomic E-state index is 13.8. The lowest BCUT2D eigenvalue weighted by molar-refractivity contribution is 0.102. The predicted octanol–water partition coefficient (Wildman–Crippen LogP) is 4.62. The first-order chi connectivity index (χ1) is 11.4. The van der Waals surface area contributed by atoms with E-state index in [1.54, 1.807) is 19.1 Å². The molecule has 2 aromatic carbocycles. The molecule has 124 valence electrons. The summed E-state index contributed by atoms with van der Waals surface area (Å²) in [6.45, 7) is 5.41. The number of thiazole rings is 1. The van der Waals surface area contributed by atoms with Gasteiger partial charge in [-0.05, 0) is 50.1 Å². The molecule has 0 spiro atoms. The fourth-order valence-electron chi connectivity index (χ4n) is 2.62. The molecule has 0 fully saturated rings. The molecule has 0 aliphatic heterocycles. The third-order valence-electron chi connectivity index (χ3n) is 3.83. The van der Waals surface area contributed by atoms with E-state index in [4.69, 9.17) is 4.74 Å². The van der Waals surface area contributed by atoms with E-state index in [0.717, 1.165) is 20.8 Å². The number of rotatable bonds is 3. The second kappa shape index (κ2) is 6.20. The number of ether oxygens (including phenoxy) is 1. The number of aryl methyl sites for hydroxylation is 3. The van der Waals surface area contributed by atoms with Crippen molar-refractivity contribution in [2.45, 2.75) is 20.8 Å². The number of carbonyl (C=O) groups is 1. The van der Waals surface area contributed by atoms with Gasteiger partial charge in [0.25, 0.3) is 5.91 Å². The number of hydrogen-bond donors (Lipinski definition) is 1.